The van der Waals surface area contributed by atoms with E-state index in [9.17, 15) is 9.59 Å². The van der Waals surface area contributed by atoms with Crippen molar-refractivity contribution in [1.29, 1.82) is 0 Å². The van der Waals surface area contributed by atoms with Gasteiger partial charge in [-0.15, -0.1) is 0 Å². The number of carbonyl (C=O) groups excluding carboxylic acids is 1. The molecule has 18 heavy (non-hydrogen) atoms. The highest BCUT2D eigenvalue weighted by molar-refractivity contribution is 7.99. The zero-order chi connectivity index (χ0) is 13.0. The molecule has 0 spiro atoms. The summed E-state index contributed by atoms with van der Waals surface area (Å²) < 4.78 is 4.96. The topological polar surface area (TPSA) is 72.0 Å². The third kappa shape index (κ3) is 3.13. The fourth-order valence-electron chi connectivity index (χ4n) is 1.87. The molecule has 0 amide bonds. The van der Waals surface area contributed by atoms with Crippen molar-refractivity contribution in [2.75, 3.05) is 12.4 Å². The number of hydrogen-bond donors (Lipinski definition) is 1. The number of nitrogens with zero attached hydrogens (tertiary/aromatic N) is 1. The number of thioether (sulfide) groups is 1. The molecule has 0 saturated carbocycles. The molecule has 0 aromatic carbocycles. The number of hydrogen-bond acceptors (Lipinski definition) is 5. The van der Waals surface area contributed by atoms with E-state index in [0.717, 1.165) is 36.9 Å². The summed E-state index contributed by atoms with van der Waals surface area (Å²) in [5.74, 6) is -0.0909. The molecule has 98 valence electrons. The molecule has 1 aliphatic rings. The molecule has 0 fully saturated rings. The number of H-pyrrole nitrogens is 1. The molecule has 1 heterocycles. The first-order valence-electron chi connectivity index (χ1n) is 6.11. The second kappa shape index (κ2) is 6.04. The van der Waals surface area contributed by atoms with Crippen molar-refractivity contribution >= 4 is 17.7 Å². The summed E-state index contributed by atoms with van der Waals surface area (Å²) in [5, 5.41) is 0.508. The Morgan fingerprint density at radius 3 is 3.11 bits per heavy atom. The van der Waals surface area contributed by atoms with Gasteiger partial charge in [-0.2, -0.15) is 0 Å². The normalized spacial score (nSPS) is 13.4. The maximum atomic E-state index is 11.7. The minimum atomic E-state index is -0.273. The summed E-state index contributed by atoms with van der Waals surface area (Å²) in [4.78, 5) is 30.1. The van der Waals surface area contributed by atoms with Gasteiger partial charge in [0.25, 0.3) is 5.56 Å². The van der Waals surface area contributed by atoms with E-state index in [0.29, 0.717) is 11.8 Å². The van der Waals surface area contributed by atoms with Crippen LogP contribution < -0.4 is 5.56 Å². The number of esters is 1. The molecule has 1 aromatic rings. The minimum Gasteiger partial charge on any atom is -0.465 e. The lowest BCUT2D eigenvalue weighted by molar-refractivity contribution is -0.140. The van der Waals surface area contributed by atoms with E-state index >= 15 is 0 Å². The fourth-order valence-corrected chi connectivity index (χ4v) is 2.55. The van der Waals surface area contributed by atoms with Crippen molar-refractivity contribution in [2.24, 2.45) is 0 Å². The van der Waals surface area contributed by atoms with Crippen LogP contribution >= 0.6 is 11.8 Å². The Balaban J connectivity index is 1.96. The monoisotopic (exact) mass is 268 g/mol. The highest BCUT2D eigenvalue weighted by atomic mass is 32.2. The van der Waals surface area contributed by atoms with Crippen molar-refractivity contribution in [1.82, 2.24) is 9.97 Å². The number of rotatable bonds is 5. The van der Waals surface area contributed by atoms with Crippen LogP contribution in [-0.2, 0) is 22.4 Å². The van der Waals surface area contributed by atoms with Crippen LogP contribution in [0.5, 0.6) is 0 Å². The highest BCUT2D eigenvalue weighted by Crippen LogP contribution is 2.19. The molecule has 5 nitrogen and oxygen atoms in total. The summed E-state index contributed by atoms with van der Waals surface area (Å²) in [5.41, 5.74) is 1.61. The Morgan fingerprint density at radius 2 is 2.33 bits per heavy atom. The second-order valence-electron chi connectivity index (χ2n) is 4.16. The van der Waals surface area contributed by atoms with E-state index in [-0.39, 0.29) is 17.3 Å². The molecule has 0 saturated heterocycles. The summed E-state index contributed by atoms with van der Waals surface area (Å²) >= 11 is 1.22. The molecule has 0 atom stereocenters. The predicted molar refractivity (Wildman–Crippen MR) is 68.9 cm³/mol. The Morgan fingerprint density at radius 1 is 1.50 bits per heavy atom. The molecule has 1 aliphatic carbocycles. The van der Waals surface area contributed by atoms with Gasteiger partial charge in [-0.05, 0) is 25.7 Å². The van der Waals surface area contributed by atoms with Crippen LogP contribution in [0.4, 0.5) is 0 Å². The predicted octanol–water partition coefficient (Wildman–Crippen LogP) is 1.30. The van der Waals surface area contributed by atoms with Gasteiger partial charge in [-0.3, -0.25) is 9.59 Å². The van der Waals surface area contributed by atoms with E-state index in [1.165, 1.54) is 11.8 Å². The first-order chi connectivity index (χ1) is 8.70. The Bertz CT molecular complexity index is 499. The third-order valence-corrected chi connectivity index (χ3v) is 3.56. The molecule has 0 unspecified atom stereocenters. The molecule has 0 bridgehead atoms. The van der Waals surface area contributed by atoms with E-state index in [1.807, 2.05) is 6.92 Å². The lowest BCUT2D eigenvalue weighted by atomic mass is 10.3. The molecule has 1 N–H and O–H groups in total. The van der Waals surface area contributed by atoms with Crippen LogP contribution in [0.15, 0.2) is 9.95 Å². The SMILES string of the molecule is CCCOC(=O)CSc1nc2c(c(=O)[nH]1)CCC2. The largest absolute Gasteiger partial charge is 0.465 e. The van der Waals surface area contributed by atoms with Crippen LogP contribution in [-0.4, -0.2) is 28.3 Å². The van der Waals surface area contributed by atoms with Gasteiger partial charge < -0.3 is 9.72 Å². The summed E-state index contributed by atoms with van der Waals surface area (Å²) in [6.07, 6.45) is 3.46. The maximum Gasteiger partial charge on any atom is 0.316 e. The van der Waals surface area contributed by atoms with Crippen LogP contribution in [0.1, 0.15) is 31.0 Å². The second-order valence-corrected chi connectivity index (χ2v) is 5.12. The molecule has 2 rings (SSSR count). The highest BCUT2D eigenvalue weighted by Gasteiger charge is 2.17. The number of aromatic amines is 1. The van der Waals surface area contributed by atoms with Gasteiger partial charge in [-0.25, -0.2) is 4.98 Å². The number of carbonyl (C=O) groups is 1. The van der Waals surface area contributed by atoms with E-state index < -0.39 is 0 Å². The van der Waals surface area contributed by atoms with Crippen molar-refractivity contribution in [3.63, 3.8) is 0 Å². The van der Waals surface area contributed by atoms with E-state index in [2.05, 4.69) is 9.97 Å². The first-order valence-corrected chi connectivity index (χ1v) is 7.09. The molecular weight excluding hydrogens is 252 g/mol. The zero-order valence-corrected chi connectivity index (χ0v) is 11.1. The van der Waals surface area contributed by atoms with Crippen LogP contribution in [0, 0.1) is 0 Å². The summed E-state index contributed by atoms with van der Waals surface area (Å²) in [6, 6.07) is 0. The van der Waals surface area contributed by atoms with Crippen LogP contribution in [0.25, 0.3) is 0 Å². The zero-order valence-electron chi connectivity index (χ0n) is 10.3. The number of nitrogens with one attached hydrogen (secondary N) is 1. The van der Waals surface area contributed by atoms with Gasteiger partial charge in [0.15, 0.2) is 5.16 Å². The van der Waals surface area contributed by atoms with Gasteiger partial charge in [-0.1, -0.05) is 18.7 Å². The van der Waals surface area contributed by atoms with Gasteiger partial charge in [0, 0.05) is 5.56 Å². The quantitative estimate of drug-likeness (QED) is 0.495. The number of aryl methyl sites for hydroxylation is 1. The average Bonchev–Trinajstić information content (AvgIpc) is 2.82. The lowest BCUT2D eigenvalue weighted by Gasteiger charge is -2.04. The standard InChI is InChI=1S/C12H16N2O3S/c1-2-6-17-10(15)7-18-12-13-9-5-3-4-8(9)11(16)14-12/h2-7H2,1H3,(H,13,14,16). The van der Waals surface area contributed by atoms with Crippen LogP contribution in [0.3, 0.4) is 0 Å². The number of fused-ring (bicyclic) bond motifs is 1. The first kappa shape index (κ1) is 13.1. The molecule has 0 aliphatic heterocycles. The lowest BCUT2D eigenvalue weighted by Crippen LogP contribution is -2.16. The maximum absolute atomic E-state index is 11.7. The summed E-state index contributed by atoms with van der Waals surface area (Å²) in [6.45, 7) is 2.38. The van der Waals surface area contributed by atoms with Gasteiger partial charge >= 0.3 is 5.97 Å². The van der Waals surface area contributed by atoms with Crippen LogP contribution in [0.2, 0.25) is 0 Å². The van der Waals surface area contributed by atoms with Crippen molar-refractivity contribution in [2.45, 2.75) is 37.8 Å². The fraction of sp³-hybridized carbons (Fsp3) is 0.583. The third-order valence-electron chi connectivity index (χ3n) is 2.71. The Hall–Kier alpha value is -1.30. The number of aromatic nitrogens is 2. The van der Waals surface area contributed by atoms with Crippen molar-refractivity contribution < 1.29 is 9.53 Å². The van der Waals surface area contributed by atoms with E-state index in [4.69, 9.17) is 4.74 Å². The smallest absolute Gasteiger partial charge is 0.316 e. The van der Waals surface area contributed by atoms with Crippen molar-refractivity contribution in [3.05, 3.63) is 21.6 Å². The molecular formula is C12H16N2O3S. The molecule has 1 aromatic heterocycles. The van der Waals surface area contributed by atoms with Gasteiger partial charge in [0.05, 0.1) is 18.1 Å². The molecule has 0 radical (unpaired) electrons. The Labute approximate surface area is 109 Å². The van der Waals surface area contributed by atoms with Crippen molar-refractivity contribution in [3.8, 4) is 0 Å². The number of ether oxygens (including phenoxy) is 1. The van der Waals surface area contributed by atoms with Gasteiger partial charge in [0.1, 0.15) is 0 Å². The van der Waals surface area contributed by atoms with Gasteiger partial charge in [0.2, 0.25) is 0 Å². The minimum absolute atomic E-state index is 0.0677. The average molecular weight is 268 g/mol. The van der Waals surface area contributed by atoms with E-state index in [1.54, 1.807) is 0 Å². The Kier molecular flexibility index (Phi) is 4.41. The summed E-state index contributed by atoms with van der Waals surface area (Å²) in [7, 11) is 0. The molecule has 6 heteroatoms.